The van der Waals surface area contributed by atoms with Crippen molar-refractivity contribution in [1.29, 1.82) is 0 Å². The molecule has 1 aliphatic heterocycles. The Hall–Kier alpha value is -2.90. The van der Waals surface area contributed by atoms with E-state index in [-0.39, 0.29) is 23.4 Å². The lowest BCUT2D eigenvalue weighted by molar-refractivity contribution is -0.385. The van der Waals surface area contributed by atoms with E-state index in [1.54, 1.807) is 30.3 Å². The first-order chi connectivity index (χ1) is 12.1. The van der Waals surface area contributed by atoms with E-state index in [4.69, 9.17) is 4.74 Å². The third-order valence-corrected chi connectivity index (χ3v) is 4.37. The smallest absolute Gasteiger partial charge is 0.311 e. The van der Waals surface area contributed by atoms with Crippen LogP contribution >= 0.6 is 0 Å². The summed E-state index contributed by atoms with van der Waals surface area (Å²) in [6.07, 6.45) is 6.31. The summed E-state index contributed by atoms with van der Waals surface area (Å²) in [5.74, 6) is -0.0360. The summed E-state index contributed by atoms with van der Waals surface area (Å²) in [6, 6.07) is 4.31. The van der Waals surface area contributed by atoms with Gasteiger partial charge in [-0.15, -0.1) is 0 Å². The van der Waals surface area contributed by atoms with E-state index in [2.05, 4.69) is 10.2 Å². The minimum atomic E-state index is -0.522. The maximum atomic E-state index is 13.0. The van der Waals surface area contributed by atoms with Gasteiger partial charge >= 0.3 is 5.69 Å². The van der Waals surface area contributed by atoms with E-state index in [0.29, 0.717) is 18.7 Å². The van der Waals surface area contributed by atoms with Crippen molar-refractivity contribution in [1.82, 2.24) is 15.1 Å². The number of likely N-dealkylation sites (tertiary alicyclic amines) is 1. The fourth-order valence-corrected chi connectivity index (χ4v) is 3.20. The van der Waals surface area contributed by atoms with E-state index in [0.717, 1.165) is 24.8 Å². The van der Waals surface area contributed by atoms with Crippen LogP contribution in [-0.2, 0) is 0 Å². The van der Waals surface area contributed by atoms with Gasteiger partial charge in [0.25, 0.3) is 5.91 Å². The first-order valence-electron chi connectivity index (χ1n) is 8.32. The van der Waals surface area contributed by atoms with Gasteiger partial charge in [0.2, 0.25) is 0 Å². The van der Waals surface area contributed by atoms with Crippen molar-refractivity contribution in [3.8, 4) is 5.75 Å². The number of ether oxygens (including phenoxy) is 1. The molecule has 0 unspecified atom stereocenters. The van der Waals surface area contributed by atoms with Gasteiger partial charge in [-0.1, -0.05) is 0 Å². The molecule has 0 bridgehead atoms. The number of carbonyl (C=O) groups is 1. The van der Waals surface area contributed by atoms with Crippen LogP contribution in [0.4, 0.5) is 5.69 Å². The molecule has 1 saturated heterocycles. The van der Waals surface area contributed by atoms with Gasteiger partial charge in [0.1, 0.15) is 0 Å². The number of hydrogen-bond donors (Lipinski definition) is 1. The second-order valence-electron chi connectivity index (χ2n) is 5.91. The number of piperidine rings is 1. The number of benzene rings is 1. The SMILES string of the molecule is CCOc1ccc(C(=O)N2CCCC[C@H]2c2cn[nH]c2)cc1[N+](=O)[O-]. The minimum Gasteiger partial charge on any atom is -0.487 e. The molecular formula is C17H20N4O4. The van der Waals surface area contributed by atoms with Crippen LogP contribution in [0.1, 0.15) is 48.1 Å². The molecule has 1 fully saturated rings. The molecule has 1 amide bonds. The third-order valence-electron chi connectivity index (χ3n) is 4.37. The van der Waals surface area contributed by atoms with Gasteiger partial charge in [-0.05, 0) is 38.3 Å². The highest BCUT2D eigenvalue weighted by Crippen LogP contribution is 2.33. The fraction of sp³-hybridized carbons (Fsp3) is 0.412. The van der Waals surface area contributed by atoms with Crippen LogP contribution in [0.2, 0.25) is 0 Å². The number of nitro benzene ring substituents is 1. The quantitative estimate of drug-likeness (QED) is 0.663. The molecule has 0 spiro atoms. The Kier molecular flexibility index (Phi) is 4.97. The molecular weight excluding hydrogens is 324 g/mol. The lowest BCUT2D eigenvalue weighted by Gasteiger charge is -2.35. The predicted molar refractivity (Wildman–Crippen MR) is 90.5 cm³/mol. The van der Waals surface area contributed by atoms with Crippen LogP contribution in [0.5, 0.6) is 5.75 Å². The van der Waals surface area contributed by atoms with Crippen molar-refractivity contribution in [3.63, 3.8) is 0 Å². The van der Waals surface area contributed by atoms with Gasteiger partial charge in [0.05, 0.1) is 23.8 Å². The van der Waals surface area contributed by atoms with Crippen molar-refractivity contribution in [2.24, 2.45) is 0 Å². The van der Waals surface area contributed by atoms with Gasteiger partial charge in [0.15, 0.2) is 5.75 Å². The normalized spacial score (nSPS) is 17.3. The third kappa shape index (κ3) is 3.47. The largest absolute Gasteiger partial charge is 0.487 e. The molecule has 8 nitrogen and oxygen atoms in total. The summed E-state index contributed by atoms with van der Waals surface area (Å²) in [4.78, 5) is 25.5. The summed E-state index contributed by atoms with van der Waals surface area (Å²) in [5, 5.41) is 18.0. The fourth-order valence-electron chi connectivity index (χ4n) is 3.20. The molecule has 1 aromatic heterocycles. The lowest BCUT2D eigenvalue weighted by atomic mass is 9.96. The number of rotatable bonds is 5. The molecule has 1 aliphatic rings. The first kappa shape index (κ1) is 16.9. The van der Waals surface area contributed by atoms with Crippen molar-refractivity contribution >= 4 is 11.6 Å². The Bertz CT molecular complexity index is 760. The van der Waals surface area contributed by atoms with Gasteiger partial charge in [-0.3, -0.25) is 20.0 Å². The predicted octanol–water partition coefficient (Wildman–Crippen LogP) is 3.08. The second-order valence-corrected chi connectivity index (χ2v) is 5.91. The molecule has 8 heteroatoms. The number of hydrogen-bond acceptors (Lipinski definition) is 5. The van der Waals surface area contributed by atoms with E-state index in [1.165, 1.54) is 12.1 Å². The van der Waals surface area contributed by atoms with Gasteiger partial charge < -0.3 is 9.64 Å². The number of nitro groups is 1. The minimum absolute atomic E-state index is 0.0642. The van der Waals surface area contributed by atoms with Crippen LogP contribution in [0.15, 0.2) is 30.6 Å². The first-order valence-corrected chi connectivity index (χ1v) is 8.32. The number of aromatic nitrogens is 2. The maximum Gasteiger partial charge on any atom is 0.311 e. The topological polar surface area (TPSA) is 101 Å². The zero-order valence-corrected chi connectivity index (χ0v) is 14.0. The number of aromatic amines is 1. The zero-order valence-electron chi connectivity index (χ0n) is 14.0. The van der Waals surface area contributed by atoms with Crippen LogP contribution in [-0.4, -0.2) is 39.1 Å². The highest BCUT2D eigenvalue weighted by atomic mass is 16.6. The van der Waals surface area contributed by atoms with Gasteiger partial charge in [-0.2, -0.15) is 5.10 Å². The molecule has 3 rings (SSSR count). The molecule has 2 heterocycles. The average molecular weight is 344 g/mol. The van der Waals surface area contributed by atoms with Crippen molar-refractivity contribution in [3.05, 3.63) is 51.8 Å². The van der Waals surface area contributed by atoms with Crippen LogP contribution < -0.4 is 4.74 Å². The van der Waals surface area contributed by atoms with Crippen molar-refractivity contribution in [2.45, 2.75) is 32.2 Å². The summed E-state index contributed by atoms with van der Waals surface area (Å²) >= 11 is 0. The van der Waals surface area contributed by atoms with Crippen LogP contribution in [0, 0.1) is 10.1 Å². The molecule has 0 aliphatic carbocycles. The van der Waals surface area contributed by atoms with E-state index in [1.807, 2.05) is 0 Å². The highest BCUT2D eigenvalue weighted by Gasteiger charge is 2.30. The Morgan fingerprint density at radius 2 is 2.32 bits per heavy atom. The van der Waals surface area contributed by atoms with Crippen LogP contribution in [0.25, 0.3) is 0 Å². The monoisotopic (exact) mass is 344 g/mol. The number of amides is 1. The number of carbonyl (C=O) groups excluding carboxylic acids is 1. The summed E-state index contributed by atoms with van der Waals surface area (Å²) in [7, 11) is 0. The Morgan fingerprint density at radius 3 is 3.00 bits per heavy atom. The van der Waals surface area contributed by atoms with Crippen LogP contribution in [0.3, 0.4) is 0 Å². The Balaban J connectivity index is 1.91. The summed E-state index contributed by atoms with van der Waals surface area (Å²) in [6.45, 7) is 2.70. The summed E-state index contributed by atoms with van der Waals surface area (Å²) in [5.41, 5.74) is 1.06. The molecule has 132 valence electrons. The number of H-pyrrole nitrogens is 1. The number of nitrogens with zero attached hydrogens (tertiary/aromatic N) is 3. The van der Waals surface area contributed by atoms with Crippen molar-refractivity contribution < 1.29 is 14.5 Å². The Morgan fingerprint density at radius 1 is 1.48 bits per heavy atom. The molecule has 1 N–H and O–H groups in total. The zero-order chi connectivity index (χ0) is 17.8. The van der Waals surface area contributed by atoms with Crippen molar-refractivity contribution in [2.75, 3.05) is 13.2 Å². The van der Waals surface area contributed by atoms with Gasteiger partial charge in [0, 0.05) is 29.9 Å². The Labute approximate surface area is 144 Å². The molecule has 2 aromatic rings. The van der Waals surface area contributed by atoms with Gasteiger partial charge in [-0.25, -0.2) is 0 Å². The second kappa shape index (κ2) is 7.33. The van der Waals surface area contributed by atoms with E-state index < -0.39 is 4.92 Å². The molecule has 0 radical (unpaired) electrons. The molecule has 25 heavy (non-hydrogen) atoms. The summed E-state index contributed by atoms with van der Waals surface area (Å²) < 4.78 is 5.28. The standard InChI is InChI=1S/C17H20N4O4/c1-2-25-16-7-6-12(9-15(16)21(23)24)17(22)20-8-4-3-5-14(20)13-10-18-19-11-13/h6-7,9-11,14H,2-5,8H2,1H3,(H,18,19)/t14-/m0/s1. The molecule has 1 aromatic carbocycles. The maximum absolute atomic E-state index is 13.0. The number of nitrogens with one attached hydrogen (secondary N) is 1. The average Bonchev–Trinajstić information content (AvgIpc) is 3.16. The van der Waals surface area contributed by atoms with E-state index >= 15 is 0 Å². The molecule has 0 saturated carbocycles. The highest BCUT2D eigenvalue weighted by molar-refractivity contribution is 5.95. The lowest BCUT2D eigenvalue weighted by Crippen LogP contribution is -2.38. The molecule has 1 atom stereocenters. The van der Waals surface area contributed by atoms with E-state index in [9.17, 15) is 14.9 Å².